The molecule has 1 N–H and O–H groups in total. The number of ether oxygens (including phenoxy) is 1. The van der Waals surface area contributed by atoms with Gasteiger partial charge in [-0.1, -0.05) is 11.6 Å². The van der Waals surface area contributed by atoms with Crippen molar-refractivity contribution in [3.05, 3.63) is 16.7 Å². The lowest BCUT2D eigenvalue weighted by Crippen LogP contribution is -2.36. The van der Waals surface area contributed by atoms with Crippen LogP contribution in [-0.4, -0.2) is 37.1 Å². The third-order valence-corrected chi connectivity index (χ3v) is 5.11. The maximum absolute atomic E-state index is 12.3. The van der Waals surface area contributed by atoms with Gasteiger partial charge in [0.2, 0.25) is 0 Å². The Balaban J connectivity index is 2.28. The number of hydrogen-bond donors (Lipinski definition) is 1. The number of hydrogen-bond acceptors (Lipinski definition) is 5. The molecule has 0 radical (unpaired) electrons. The first-order valence-electron chi connectivity index (χ1n) is 5.67. The summed E-state index contributed by atoms with van der Waals surface area (Å²) in [5, 5.41) is 1.69. The van der Waals surface area contributed by atoms with Crippen molar-refractivity contribution in [1.29, 1.82) is 0 Å². The molecule has 0 aliphatic carbocycles. The van der Waals surface area contributed by atoms with Crippen LogP contribution in [0.5, 0.6) is 0 Å². The summed E-state index contributed by atoms with van der Waals surface area (Å²) in [7, 11) is -3.73. The average Bonchev–Trinajstić information content (AvgIpc) is 2.84. The van der Waals surface area contributed by atoms with Crippen LogP contribution >= 0.6 is 22.9 Å². The van der Waals surface area contributed by atoms with Gasteiger partial charge in [-0.05, 0) is 13.8 Å². The molecule has 1 unspecified atom stereocenters. The second-order valence-electron chi connectivity index (χ2n) is 3.95. The molecule has 0 amide bonds. The number of aromatic nitrogens is 2. The summed E-state index contributed by atoms with van der Waals surface area (Å²) in [6.45, 7) is 4.42. The molecule has 0 fully saturated rings. The molecular weight excluding hydrogens is 310 g/mol. The maximum atomic E-state index is 12.3. The van der Waals surface area contributed by atoms with Gasteiger partial charge >= 0.3 is 0 Å². The van der Waals surface area contributed by atoms with Crippen LogP contribution in [0.15, 0.2) is 16.6 Å². The number of nitrogens with one attached hydrogen (secondary N) is 1. The summed E-state index contributed by atoms with van der Waals surface area (Å²) in [4.78, 5) is 4.55. The highest BCUT2D eigenvalue weighted by molar-refractivity contribution is 7.89. The molecule has 0 bridgehead atoms. The van der Waals surface area contributed by atoms with E-state index in [2.05, 4.69) is 9.71 Å². The molecule has 0 saturated carbocycles. The summed E-state index contributed by atoms with van der Waals surface area (Å²) in [5.41, 5.74) is 0. The van der Waals surface area contributed by atoms with E-state index in [1.54, 1.807) is 18.5 Å². The Hall–Kier alpha value is -0.670. The van der Waals surface area contributed by atoms with Gasteiger partial charge in [0.05, 0.1) is 6.61 Å². The van der Waals surface area contributed by atoms with E-state index in [1.165, 1.54) is 15.7 Å². The number of sulfonamides is 1. The van der Waals surface area contributed by atoms with Crippen molar-refractivity contribution in [2.75, 3.05) is 13.2 Å². The molecule has 2 aromatic rings. The average molecular weight is 324 g/mol. The zero-order chi connectivity index (χ0) is 14.0. The van der Waals surface area contributed by atoms with Gasteiger partial charge in [-0.3, -0.25) is 4.40 Å². The maximum Gasteiger partial charge on any atom is 0.260 e. The van der Waals surface area contributed by atoms with Crippen LogP contribution in [0.2, 0.25) is 5.15 Å². The van der Waals surface area contributed by atoms with E-state index in [0.29, 0.717) is 18.2 Å². The molecule has 0 spiro atoms. The number of imidazole rings is 1. The van der Waals surface area contributed by atoms with Gasteiger partial charge in [0.15, 0.2) is 15.1 Å². The van der Waals surface area contributed by atoms with Crippen molar-refractivity contribution in [3.63, 3.8) is 0 Å². The van der Waals surface area contributed by atoms with Gasteiger partial charge in [-0.25, -0.2) is 18.1 Å². The van der Waals surface area contributed by atoms with E-state index in [-0.39, 0.29) is 16.2 Å². The lowest BCUT2D eigenvalue weighted by Gasteiger charge is -2.13. The number of halogens is 1. The molecule has 0 aliphatic heterocycles. The van der Waals surface area contributed by atoms with Crippen LogP contribution in [0, 0.1) is 0 Å². The quantitative estimate of drug-likeness (QED) is 0.879. The highest BCUT2D eigenvalue weighted by atomic mass is 35.5. The highest BCUT2D eigenvalue weighted by Gasteiger charge is 2.26. The minimum absolute atomic E-state index is 0.0250. The predicted octanol–water partition coefficient (Wildman–Crippen LogP) is 1.75. The fourth-order valence-electron chi connectivity index (χ4n) is 1.63. The summed E-state index contributed by atoms with van der Waals surface area (Å²) in [6.07, 6.45) is 1.63. The van der Waals surface area contributed by atoms with Crippen LogP contribution in [0.4, 0.5) is 0 Å². The normalized spacial score (nSPS) is 14.1. The second-order valence-corrected chi connectivity index (χ2v) is 6.81. The van der Waals surface area contributed by atoms with E-state index in [4.69, 9.17) is 16.3 Å². The number of rotatable bonds is 6. The molecular formula is C10H14ClN3O3S2. The standard InChI is InChI=1S/C10H14ClN3O3S2/c1-3-17-6-7(2)13-19(15,16)9-8(11)12-10-14(9)4-5-18-10/h4-5,7,13H,3,6H2,1-2H3. The lowest BCUT2D eigenvalue weighted by molar-refractivity contribution is 0.133. The second kappa shape index (κ2) is 5.76. The van der Waals surface area contributed by atoms with Crippen molar-refractivity contribution in [1.82, 2.24) is 14.1 Å². The smallest absolute Gasteiger partial charge is 0.260 e. The van der Waals surface area contributed by atoms with Crippen molar-refractivity contribution < 1.29 is 13.2 Å². The topological polar surface area (TPSA) is 72.7 Å². The van der Waals surface area contributed by atoms with Gasteiger partial charge in [0.1, 0.15) is 0 Å². The number of thiazole rings is 1. The van der Waals surface area contributed by atoms with E-state index in [9.17, 15) is 8.42 Å². The molecule has 9 heteroatoms. The summed E-state index contributed by atoms with van der Waals surface area (Å²) in [6, 6.07) is -0.342. The van der Waals surface area contributed by atoms with Crippen LogP contribution in [0.1, 0.15) is 13.8 Å². The third-order valence-electron chi connectivity index (χ3n) is 2.36. The summed E-state index contributed by atoms with van der Waals surface area (Å²) in [5.74, 6) is 0. The molecule has 0 saturated heterocycles. The zero-order valence-corrected chi connectivity index (χ0v) is 12.8. The van der Waals surface area contributed by atoms with Crippen LogP contribution in [-0.2, 0) is 14.8 Å². The van der Waals surface area contributed by atoms with Gasteiger partial charge in [-0.15, -0.1) is 11.3 Å². The Kier molecular flexibility index (Phi) is 4.46. The Morgan fingerprint density at radius 1 is 1.63 bits per heavy atom. The number of nitrogens with zero attached hydrogens (tertiary/aromatic N) is 2. The minimum Gasteiger partial charge on any atom is -0.380 e. The Bertz CT molecular complexity index is 665. The minimum atomic E-state index is -3.73. The fraction of sp³-hybridized carbons (Fsp3) is 0.500. The molecule has 19 heavy (non-hydrogen) atoms. The SMILES string of the molecule is CCOCC(C)NS(=O)(=O)c1c(Cl)nc2sccn12. The largest absolute Gasteiger partial charge is 0.380 e. The predicted molar refractivity (Wildman–Crippen MR) is 74.4 cm³/mol. The van der Waals surface area contributed by atoms with Crippen LogP contribution < -0.4 is 4.72 Å². The third kappa shape index (κ3) is 3.09. The van der Waals surface area contributed by atoms with Crippen molar-refractivity contribution in [3.8, 4) is 0 Å². The highest BCUT2D eigenvalue weighted by Crippen LogP contribution is 2.25. The molecule has 2 heterocycles. The molecule has 2 rings (SSSR count). The van der Waals surface area contributed by atoms with Gasteiger partial charge in [0.25, 0.3) is 10.0 Å². The first-order chi connectivity index (χ1) is 8.95. The molecule has 0 aliphatic rings. The van der Waals surface area contributed by atoms with Crippen molar-refractivity contribution >= 4 is 37.9 Å². The number of fused-ring (bicyclic) bond motifs is 1. The Morgan fingerprint density at radius 3 is 3.05 bits per heavy atom. The van der Waals surface area contributed by atoms with E-state index < -0.39 is 10.0 Å². The Labute approximate surface area is 120 Å². The van der Waals surface area contributed by atoms with Gasteiger partial charge in [-0.2, -0.15) is 0 Å². The van der Waals surface area contributed by atoms with Crippen molar-refractivity contribution in [2.45, 2.75) is 24.9 Å². The molecule has 2 aromatic heterocycles. The van der Waals surface area contributed by atoms with Crippen LogP contribution in [0.3, 0.4) is 0 Å². The molecule has 106 valence electrons. The van der Waals surface area contributed by atoms with E-state index >= 15 is 0 Å². The van der Waals surface area contributed by atoms with Gasteiger partial charge < -0.3 is 4.74 Å². The van der Waals surface area contributed by atoms with E-state index in [0.717, 1.165) is 0 Å². The van der Waals surface area contributed by atoms with E-state index in [1.807, 2.05) is 6.92 Å². The summed E-state index contributed by atoms with van der Waals surface area (Å²) < 4.78 is 33.7. The van der Waals surface area contributed by atoms with Gasteiger partial charge in [0, 0.05) is 24.2 Å². The first kappa shape index (κ1) is 14.7. The molecule has 6 nitrogen and oxygen atoms in total. The monoisotopic (exact) mass is 323 g/mol. The summed E-state index contributed by atoms with van der Waals surface area (Å²) >= 11 is 7.23. The Morgan fingerprint density at radius 2 is 2.37 bits per heavy atom. The molecule has 1 atom stereocenters. The first-order valence-corrected chi connectivity index (χ1v) is 8.41. The van der Waals surface area contributed by atoms with Crippen LogP contribution in [0.25, 0.3) is 4.96 Å². The fourth-order valence-corrected chi connectivity index (χ4v) is 4.31. The zero-order valence-electron chi connectivity index (χ0n) is 10.5. The lowest BCUT2D eigenvalue weighted by atomic mass is 10.4. The molecule has 0 aromatic carbocycles. The van der Waals surface area contributed by atoms with Crippen molar-refractivity contribution in [2.24, 2.45) is 0 Å².